The van der Waals surface area contributed by atoms with Crippen LogP contribution < -0.4 is 4.74 Å². The van der Waals surface area contributed by atoms with E-state index in [0.29, 0.717) is 33.8 Å². The number of thioether (sulfide) groups is 1. The van der Waals surface area contributed by atoms with Crippen LogP contribution in [-0.4, -0.2) is 33.9 Å². The van der Waals surface area contributed by atoms with Crippen molar-refractivity contribution in [3.8, 4) is 5.75 Å². The van der Waals surface area contributed by atoms with Crippen LogP contribution in [0.2, 0.25) is 5.02 Å². The minimum atomic E-state index is -0.623. The zero-order chi connectivity index (χ0) is 29.1. The highest BCUT2D eigenvalue weighted by Gasteiger charge is 2.33. The van der Waals surface area contributed by atoms with Crippen molar-refractivity contribution in [2.75, 3.05) is 13.2 Å². The second-order valence-corrected chi connectivity index (χ2v) is 11.9. The number of rotatable bonds is 8. The molecule has 4 aromatic rings. The van der Waals surface area contributed by atoms with E-state index in [-0.39, 0.29) is 17.9 Å². The zero-order valence-electron chi connectivity index (χ0n) is 22.8. The second-order valence-electron chi connectivity index (χ2n) is 9.48. The van der Waals surface area contributed by atoms with Crippen LogP contribution in [-0.2, 0) is 16.1 Å². The van der Waals surface area contributed by atoms with Crippen LogP contribution >= 0.6 is 39.3 Å². The van der Waals surface area contributed by atoms with Crippen LogP contribution in [0.25, 0.3) is 17.0 Å². The molecule has 0 fully saturated rings. The van der Waals surface area contributed by atoms with Crippen LogP contribution in [0.4, 0.5) is 5.69 Å². The monoisotopic (exact) mass is 650 g/mol. The van der Waals surface area contributed by atoms with Gasteiger partial charge in [0.05, 0.1) is 23.7 Å². The predicted octanol–water partition coefficient (Wildman–Crippen LogP) is 8.95. The van der Waals surface area contributed by atoms with Gasteiger partial charge in [0.15, 0.2) is 0 Å². The molecule has 1 aromatic heterocycles. The average Bonchev–Trinajstić information content (AvgIpc) is 3.43. The fourth-order valence-electron chi connectivity index (χ4n) is 4.43. The van der Waals surface area contributed by atoms with Crippen molar-refractivity contribution in [3.63, 3.8) is 0 Å². The van der Waals surface area contributed by atoms with Gasteiger partial charge in [-0.25, -0.2) is 9.79 Å². The number of carbonyl (C=O) groups excluding carboxylic acids is 1. The van der Waals surface area contributed by atoms with Gasteiger partial charge in [0.2, 0.25) is 0 Å². The van der Waals surface area contributed by atoms with Crippen LogP contribution in [0, 0.1) is 13.8 Å². The third-order valence-electron chi connectivity index (χ3n) is 6.67. The molecule has 0 aliphatic carbocycles. The number of aliphatic hydroxyl groups is 1. The van der Waals surface area contributed by atoms with Crippen molar-refractivity contribution >= 4 is 73.0 Å². The number of aliphatic hydroxyl groups excluding tert-OH is 1. The van der Waals surface area contributed by atoms with Gasteiger partial charge in [-0.15, -0.1) is 0 Å². The summed E-state index contributed by atoms with van der Waals surface area (Å²) < 4.78 is 14.4. The summed E-state index contributed by atoms with van der Waals surface area (Å²) in [5.41, 5.74) is 4.98. The number of benzene rings is 3. The van der Waals surface area contributed by atoms with Gasteiger partial charge in [0.1, 0.15) is 28.7 Å². The topological polar surface area (TPSA) is 73.0 Å². The molecular weight excluding hydrogens is 624 g/mol. The molecule has 41 heavy (non-hydrogen) atoms. The number of fused-ring (bicyclic) bond motifs is 1. The number of aryl methyl sites for hydroxylation is 2. The Kier molecular flexibility index (Phi) is 8.92. The van der Waals surface area contributed by atoms with Crippen LogP contribution in [0.1, 0.15) is 23.6 Å². The highest BCUT2D eigenvalue weighted by atomic mass is 79.9. The Hall–Kier alpha value is -3.46. The lowest BCUT2D eigenvalue weighted by molar-refractivity contribution is -0.138. The maximum atomic E-state index is 12.8. The van der Waals surface area contributed by atoms with Gasteiger partial charge in [0.25, 0.3) is 0 Å². The molecule has 1 aliphatic heterocycles. The fraction of sp³-hybridized carbons (Fsp3) is 0.188. The number of halogens is 2. The van der Waals surface area contributed by atoms with E-state index in [1.54, 1.807) is 31.2 Å². The highest BCUT2D eigenvalue weighted by Crippen LogP contribution is 2.41. The molecule has 0 amide bonds. The lowest BCUT2D eigenvalue weighted by Crippen LogP contribution is -2.12. The van der Waals surface area contributed by atoms with Crippen molar-refractivity contribution in [1.82, 2.24) is 4.57 Å². The second kappa shape index (κ2) is 12.6. The SMILES string of the molecule is CCOC(=O)C1=C(O)/C(=C/c2cn(CCOc3ccc(C)c(C)c3)c3ccc(Br)cc23)SC1=Nc1ccc(Cl)cc1. The van der Waals surface area contributed by atoms with Crippen molar-refractivity contribution in [2.45, 2.75) is 27.3 Å². The lowest BCUT2D eigenvalue weighted by Gasteiger charge is -2.10. The smallest absolute Gasteiger partial charge is 0.344 e. The molecule has 0 saturated carbocycles. The molecule has 210 valence electrons. The van der Waals surface area contributed by atoms with Crippen LogP contribution in [0.5, 0.6) is 5.75 Å². The summed E-state index contributed by atoms with van der Waals surface area (Å²) >= 11 is 10.8. The van der Waals surface area contributed by atoms with E-state index in [1.165, 1.54) is 22.9 Å². The Morgan fingerprint density at radius 1 is 1.10 bits per heavy atom. The molecule has 0 radical (unpaired) electrons. The fourth-order valence-corrected chi connectivity index (χ4v) is 5.94. The number of aliphatic imine (C=N–C) groups is 1. The van der Waals surface area contributed by atoms with Gasteiger partial charge in [-0.1, -0.05) is 45.4 Å². The van der Waals surface area contributed by atoms with Gasteiger partial charge in [-0.05, 0) is 92.6 Å². The molecule has 0 unspecified atom stereocenters. The van der Waals surface area contributed by atoms with E-state index < -0.39 is 5.97 Å². The van der Waals surface area contributed by atoms with E-state index >= 15 is 0 Å². The quantitative estimate of drug-likeness (QED) is 0.193. The third kappa shape index (κ3) is 6.56. The number of aromatic nitrogens is 1. The summed E-state index contributed by atoms with van der Waals surface area (Å²) in [6.07, 6.45) is 3.90. The minimum absolute atomic E-state index is 0.0461. The highest BCUT2D eigenvalue weighted by molar-refractivity contribution is 9.10. The van der Waals surface area contributed by atoms with E-state index in [4.69, 9.17) is 21.1 Å². The number of esters is 1. The normalized spacial score (nSPS) is 15.3. The van der Waals surface area contributed by atoms with Crippen molar-refractivity contribution in [1.29, 1.82) is 0 Å². The van der Waals surface area contributed by atoms with Gasteiger partial charge in [-0.3, -0.25) is 0 Å². The zero-order valence-corrected chi connectivity index (χ0v) is 25.9. The molecule has 9 heteroatoms. The summed E-state index contributed by atoms with van der Waals surface area (Å²) in [5.74, 6) is 0.0588. The van der Waals surface area contributed by atoms with E-state index in [0.717, 1.165) is 26.7 Å². The summed E-state index contributed by atoms with van der Waals surface area (Å²) in [4.78, 5) is 18.0. The first-order chi connectivity index (χ1) is 19.7. The molecule has 1 N–H and O–H groups in total. The van der Waals surface area contributed by atoms with Gasteiger partial charge in [0, 0.05) is 32.2 Å². The predicted molar refractivity (Wildman–Crippen MR) is 171 cm³/mol. The molecule has 6 nitrogen and oxygen atoms in total. The lowest BCUT2D eigenvalue weighted by atomic mass is 10.1. The molecule has 0 saturated heterocycles. The Labute approximate surface area is 256 Å². The Bertz CT molecular complexity index is 1720. The van der Waals surface area contributed by atoms with Gasteiger partial charge in [-0.2, -0.15) is 0 Å². The number of nitrogens with zero attached hydrogens (tertiary/aromatic N) is 2. The molecule has 1 aliphatic rings. The number of hydrogen-bond donors (Lipinski definition) is 1. The summed E-state index contributed by atoms with van der Waals surface area (Å²) in [5, 5.41) is 13.1. The average molecular weight is 652 g/mol. The first-order valence-electron chi connectivity index (χ1n) is 13.1. The Morgan fingerprint density at radius 2 is 1.88 bits per heavy atom. The molecule has 0 spiro atoms. The summed E-state index contributed by atoms with van der Waals surface area (Å²) in [6, 6.07) is 19.1. The molecule has 5 rings (SSSR count). The van der Waals surface area contributed by atoms with Crippen LogP contribution in [0.15, 0.2) is 92.6 Å². The largest absolute Gasteiger partial charge is 0.506 e. The van der Waals surface area contributed by atoms with Crippen molar-refractivity contribution < 1.29 is 19.4 Å². The van der Waals surface area contributed by atoms with Crippen LogP contribution in [0.3, 0.4) is 0 Å². The first kappa shape index (κ1) is 29.0. The molecule has 0 bridgehead atoms. The standard InChI is InChI=1S/C32H28BrClN2O4S/c1-4-39-32(38)29-30(37)28(41-31(29)35-24-9-7-23(34)8-10-24)16-21-18-36(27-12-6-22(33)17-26(21)27)13-14-40-25-11-5-19(2)20(3)15-25/h5-12,15-18,37H,4,13-14H2,1-3H3/b28-16-,35-31?. The van der Waals surface area contributed by atoms with Crippen molar-refractivity contribution in [2.24, 2.45) is 4.99 Å². The molecule has 3 aromatic carbocycles. The molecule has 0 atom stereocenters. The van der Waals surface area contributed by atoms with Gasteiger partial charge >= 0.3 is 5.97 Å². The maximum absolute atomic E-state index is 12.8. The van der Waals surface area contributed by atoms with E-state index in [1.807, 2.05) is 42.6 Å². The minimum Gasteiger partial charge on any atom is -0.506 e. The first-order valence-corrected chi connectivity index (χ1v) is 15.1. The van der Waals surface area contributed by atoms with Crippen molar-refractivity contribution in [3.05, 3.63) is 109 Å². The Morgan fingerprint density at radius 3 is 2.61 bits per heavy atom. The Balaban J connectivity index is 1.48. The van der Waals surface area contributed by atoms with E-state index in [9.17, 15) is 9.90 Å². The molecule has 2 heterocycles. The number of ether oxygens (including phenoxy) is 2. The summed E-state index contributed by atoms with van der Waals surface area (Å²) in [6.45, 7) is 7.17. The third-order valence-corrected chi connectivity index (χ3v) is 8.43. The maximum Gasteiger partial charge on any atom is 0.344 e. The van der Waals surface area contributed by atoms with E-state index in [2.05, 4.69) is 45.4 Å². The molecular formula is C32H28BrClN2O4S. The number of carbonyl (C=O) groups is 1. The summed E-state index contributed by atoms with van der Waals surface area (Å²) in [7, 11) is 0. The van der Waals surface area contributed by atoms with Gasteiger partial charge < -0.3 is 19.1 Å². The number of hydrogen-bond acceptors (Lipinski definition) is 6.